The number of hydrogen-bond acceptors (Lipinski definition) is 4. The second kappa shape index (κ2) is 6.43. The van der Waals surface area contributed by atoms with E-state index in [9.17, 15) is 9.59 Å². The number of carbonyl (C=O) groups excluding carboxylic acids is 2. The highest BCUT2D eigenvalue weighted by Crippen LogP contribution is 2.17. The lowest BCUT2D eigenvalue weighted by Crippen LogP contribution is -2.42. The molecule has 1 atom stereocenters. The van der Waals surface area contributed by atoms with Crippen LogP contribution in [0.2, 0.25) is 0 Å². The summed E-state index contributed by atoms with van der Waals surface area (Å²) in [6.07, 6.45) is 6.01. The van der Waals surface area contributed by atoms with E-state index in [0.717, 1.165) is 16.8 Å². The highest BCUT2D eigenvalue weighted by molar-refractivity contribution is 5.83. The fourth-order valence-corrected chi connectivity index (χ4v) is 2.40. The minimum Gasteiger partial charge on any atom is -0.472 e. The number of aromatic nitrogens is 1. The van der Waals surface area contributed by atoms with Crippen molar-refractivity contribution < 1.29 is 14.0 Å². The second-order valence-corrected chi connectivity index (χ2v) is 5.32. The zero-order valence-corrected chi connectivity index (χ0v) is 12.0. The second-order valence-electron chi connectivity index (χ2n) is 5.32. The molecule has 2 aromatic heterocycles. The number of amides is 2. The monoisotopic (exact) mass is 299 g/mol. The molecule has 6 nitrogen and oxygen atoms in total. The molecule has 6 heteroatoms. The molecule has 22 heavy (non-hydrogen) atoms. The van der Waals surface area contributed by atoms with Crippen molar-refractivity contribution in [3.63, 3.8) is 0 Å². The molecule has 3 heterocycles. The largest absolute Gasteiger partial charge is 0.472 e. The van der Waals surface area contributed by atoms with Gasteiger partial charge in [0, 0.05) is 31.3 Å². The number of carbonyl (C=O) groups is 2. The van der Waals surface area contributed by atoms with Crippen LogP contribution in [0.4, 0.5) is 0 Å². The minimum atomic E-state index is -0.143. The van der Waals surface area contributed by atoms with Gasteiger partial charge in [0.1, 0.15) is 0 Å². The van der Waals surface area contributed by atoms with E-state index in [1.165, 1.54) is 0 Å². The molecule has 0 bridgehead atoms. The summed E-state index contributed by atoms with van der Waals surface area (Å²) in [5.41, 5.74) is 2.69. The molecule has 2 aromatic rings. The fraction of sp³-hybridized carbons (Fsp3) is 0.312. The van der Waals surface area contributed by atoms with E-state index >= 15 is 0 Å². The third-order valence-corrected chi connectivity index (χ3v) is 3.74. The molecular formula is C16H17N3O3. The van der Waals surface area contributed by atoms with Crippen LogP contribution in [0, 0.1) is 5.92 Å². The predicted molar refractivity (Wildman–Crippen MR) is 79.5 cm³/mol. The first kappa shape index (κ1) is 14.3. The molecule has 1 fully saturated rings. The average Bonchev–Trinajstić information content (AvgIpc) is 3.08. The first-order valence-electron chi connectivity index (χ1n) is 7.24. The number of hydrogen-bond donors (Lipinski definition) is 2. The van der Waals surface area contributed by atoms with Crippen molar-refractivity contribution >= 4 is 11.8 Å². The van der Waals surface area contributed by atoms with Crippen LogP contribution in [0.25, 0.3) is 11.3 Å². The van der Waals surface area contributed by atoms with Gasteiger partial charge < -0.3 is 15.1 Å². The summed E-state index contributed by atoms with van der Waals surface area (Å²) in [5.74, 6) is -0.155. The summed E-state index contributed by atoms with van der Waals surface area (Å²) in [5, 5.41) is 5.60. The van der Waals surface area contributed by atoms with Gasteiger partial charge in [-0.2, -0.15) is 0 Å². The SMILES string of the molecule is O=C1CCC(C(=O)NCc2ccc(-c3ccoc3)nc2)CN1. The Kier molecular flexibility index (Phi) is 4.18. The van der Waals surface area contributed by atoms with Crippen LogP contribution in [0.5, 0.6) is 0 Å². The Bertz CT molecular complexity index is 640. The van der Waals surface area contributed by atoms with Crippen molar-refractivity contribution in [2.75, 3.05) is 6.54 Å². The normalized spacial score (nSPS) is 17.8. The van der Waals surface area contributed by atoms with Gasteiger partial charge in [-0.05, 0) is 24.1 Å². The molecule has 0 aliphatic carbocycles. The summed E-state index contributed by atoms with van der Waals surface area (Å²) in [6, 6.07) is 5.67. The van der Waals surface area contributed by atoms with E-state index < -0.39 is 0 Å². The van der Waals surface area contributed by atoms with Crippen molar-refractivity contribution in [1.29, 1.82) is 0 Å². The van der Waals surface area contributed by atoms with Crippen LogP contribution in [0.3, 0.4) is 0 Å². The van der Waals surface area contributed by atoms with Gasteiger partial charge in [-0.15, -0.1) is 0 Å². The van der Waals surface area contributed by atoms with Crippen LogP contribution in [0.15, 0.2) is 41.3 Å². The Balaban J connectivity index is 1.53. The molecule has 0 radical (unpaired) electrons. The van der Waals surface area contributed by atoms with Gasteiger partial charge in [0.25, 0.3) is 0 Å². The van der Waals surface area contributed by atoms with Crippen molar-refractivity contribution in [2.24, 2.45) is 5.92 Å². The first-order valence-corrected chi connectivity index (χ1v) is 7.24. The zero-order valence-electron chi connectivity index (χ0n) is 12.0. The number of nitrogens with zero attached hydrogens (tertiary/aromatic N) is 1. The maximum Gasteiger partial charge on any atom is 0.225 e. The summed E-state index contributed by atoms with van der Waals surface area (Å²) in [4.78, 5) is 27.5. The summed E-state index contributed by atoms with van der Waals surface area (Å²) >= 11 is 0. The van der Waals surface area contributed by atoms with Crippen LogP contribution >= 0.6 is 0 Å². The summed E-state index contributed by atoms with van der Waals surface area (Å²) < 4.78 is 5.03. The van der Waals surface area contributed by atoms with Crippen LogP contribution in [-0.2, 0) is 16.1 Å². The third kappa shape index (κ3) is 3.33. The topological polar surface area (TPSA) is 84.2 Å². The molecule has 1 saturated heterocycles. The van der Waals surface area contributed by atoms with Crippen molar-refractivity contribution in [3.05, 3.63) is 42.5 Å². The van der Waals surface area contributed by atoms with E-state index in [2.05, 4.69) is 15.6 Å². The van der Waals surface area contributed by atoms with E-state index in [4.69, 9.17) is 4.42 Å². The molecule has 1 unspecified atom stereocenters. The molecule has 0 spiro atoms. The number of nitrogens with one attached hydrogen (secondary N) is 2. The van der Waals surface area contributed by atoms with Gasteiger partial charge >= 0.3 is 0 Å². The number of rotatable bonds is 4. The number of furan rings is 1. The molecule has 0 saturated carbocycles. The number of piperidine rings is 1. The predicted octanol–water partition coefficient (Wildman–Crippen LogP) is 1.48. The lowest BCUT2D eigenvalue weighted by molar-refractivity contribution is -0.129. The van der Waals surface area contributed by atoms with Gasteiger partial charge in [0.2, 0.25) is 11.8 Å². The summed E-state index contributed by atoms with van der Waals surface area (Å²) in [6.45, 7) is 0.851. The van der Waals surface area contributed by atoms with Crippen LogP contribution in [0.1, 0.15) is 18.4 Å². The lowest BCUT2D eigenvalue weighted by Gasteiger charge is -2.21. The van der Waals surface area contributed by atoms with Gasteiger partial charge in [-0.3, -0.25) is 14.6 Å². The summed E-state index contributed by atoms with van der Waals surface area (Å²) in [7, 11) is 0. The quantitative estimate of drug-likeness (QED) is 0.895. The molecule has 2 amide bonds. The third-order valence-electron chi connectivity index (χ3n) is 3.74. The van der Waals surface area contributed by atoms with Crippen LogP contribution in [-0.4, -0.2) is 23.3 Å². The smallest absolute Gasteiger partial charge is 0.225 e. The maximum absolute atomic E-state index is 12.0. The standard InChI is InChI=1S/C16H17N3O3/c20-15-4-2-12(9-18-15)16(21)19-8-11-1-3-14(17-7-11)13-5-6-22-10-13/h1,3,5-7,10,12H,2,4,8-9H2,(H,18,20)(H,19,21). The highest BCUT2D eigenvalue weighted by Gasteiger charge is 2.23. The molecular weight excluding hydrogens is 282 g/mol. The Morgan fingerprint density at radius 1 is 1.41 bits per heavy atom. The molecule has 1 aliphatic rings. The van der Waals surface area contributed by atoms with E-state index in [1.54, 1.807) is 18.7 Å². The minimum absolute atomic E-state index is 0.0167. The van der Waals surface area contributed by atoms with Gasteiger partial charge in [0.05, 0.1) is 24.1 Å². The van der Waals surface area contributed by atoms with Crippen molar-refractivity contribution in [3.8, 4) is 11.3 Å². The molecule has 114 valence electrons. The van der Waals surface area contributed by atoms with Gasteiger partial charge in [-0.25, -0.2) is 0 Å². The Morgan fingerprint density at radius 2 is 2.32 bits per heavy atom. The van der Waals surface area contributed by atoms with E-state index in [1.807, 2.05) is 18.2 Å². The first-order chi connectivity index (χ1) is 10.7. The van der Waals surface area contributed by atoms with Gasteiger partial charge in [-0.1, -0.05) is 6.07 Å². The van der Waals surface area contributed by atoms with Gasteiger partial charge in [0.15, 0.2) is 0 Å². The average molecular weight is 299 g/mol. The molecule has 1 aliphatic heterocycles. The molecule has 2 N–H and O–H groups in total. The Labute approximate surface area is 127 Å². The maximum atomic E-state index is 12.0. The molecule has 3 rings (SSSR count). The number of pyridine rings is 1. The Morgan fingerprint density at radius 3 is 2.95 bits per heavy atom. The Hall–Kier alpha value is -2.63. The highest BCUT2D eigenvalue weighted by atomic mass is 16.3. The van der Waals surface area contributed by atoms with E-state index in [0.29, 0.717) is 25.9 Å². The molecule has 0 aromatic carbocycles. The van der Waals surface area contributed by atoms with Crippen LogP contribution < -0.4 is 10.6 Å². The lowest BCUT2D eigenvalue weighted by atomic mass is 9.98. The van der Waals surface area contributed by atoms with E-state index in [-0.39, 0.29) is 17.7 Å². The van der Waals surface area contributed by atoms with Crippen molar-refractivity contribution in [2.45, 2.75) is 19.4 Å². The fourth-order valence-electron chi connectivity index (χ4n) is 2.40. The van der Waals surface area contributed by atoms with Crippen molar-refractivity contribution in [1.82, 2.24) is 15.6 Å². The zero-order chi connectivity index (χ0) is 15.4.